The molecule has 1 atom stereocenters. The van der Waals surface area contributed by atoms with Crippen LogP contribution in [0, 0.1) is 0 Å². The van der Waals surface area contributed by atoms with Crippen LogP contribution in [0.3, 0.4) is 0 Å². The highest BCUT2D eigenvalue weighted by Gasteiger charge is 2.32. The van der Waals surface area contributed by atoms with E-state index in [1.807, 2.05) is 0 Å². The molecule has 0 aliphatic heterocycles. The molecule has 0 aliphatic rings. The van der Waals surface area contributed by atoms with Gasteiger partial charge in [0.15, 0.2) is 0 Å². The third-order valence-corrected chi connectivity index (χ3v) is 2.00. The highest BCUT2D eigenvalue weighted by atomic mass is 35.5. The third-order valence-electron chi connectivity index (χ3n) is 1.71. The lowest BCUT2D eigenvalue weighted by Gasteiger charge is -2.12. The summed E-state index contributed by atoms with van der Waals surface area (Å²) in [5, 5.41) is -0.109. The number of hydrogen-bond acceptors (Lipinski definition) is 2. The number of ether oxygens (including phenoxy) is 1. The Morgan fingerprint density at radius 2 is 2.00 bits per heavy atom. The topological polar surface area (TPSA) is 35.2 Å². The van der Waals surface area contributed by atoms with Crippen molar-refractivity contribution in [2.45, 2.75) is 19.3 Å². The lowest BCUT2D eigenvalue weighted by Crippen LogP contribution is -2.17. The van der Waals surface area contributed by atoms with Gasteiger partial charge in [-0.2, -0.15) is 0 Å². The number of benzene rings is 1. The molecule has 0 spiro atoms. The molecule has 0 heterocycles. The minimum absolute atomic E-state index is 0.109. The summed E-state index contributed by atoms with van der Waals surface area (Å²) in [6.07, 6.45) is -4.74. The lowest BCUT2D eigenvalue weighted by molar-refractivity contribution is -0.274. The SMILES string of the molecule is CC(N)c1ccc(OC(F)(F)F)c(Cl)c1. The molecular weight excluding hydrogens is 231 g/mol. The van der Waals surface area contributed by atoms with Crippen molar-refractivity contribution in [3.8, 4) is 5.75 Å². The molecule has 15 heavy (non-hydrogen) atoms. The average Bonchev–Trinajstić information content (AvgIpc) is 2.05. The first-order chi connectivity index (χ1) is 6.79. The van der Waals surface area contributed by atoms with Crippen LogP contribution >= 0.6 is 11.6 Å². The molecular formula is C9H9ClF3NO. The van der Waals surface area contributed by atoms with Crippen molar-refractivity contribution in [2.24, 2.45) is 5.73 Å². The van der Waals surface area contributed by atoms with E-state index in [0.717, 1.165) is 6.07 Å². The van der Waals surface area contributed by atoms with Crippen LogP contribution in [0.15, 0.2) is 18.2 Å². The maximum absolute atomic E-state index is 11.9. The van der Waals surface area contributed by atoms with E-state index in [-0.39, 0.29) is 11.1 Å². The van der Waals surface area contributed by atoms with Crippen LogP contribution in [0.5, 0.6) is 5.75 Å². The molecule has 0 aromatic heterocycles. The molecule has 0 saturated heterocycles. The average molecular weight is 240 g/mol. The van der Waals surface area contributed by atoms with Crippen LogP contribution < -0.4 is 10.5 Å². The molecule has 0 aliphatic carbocycles. The van der Waals surface area contributed by atoms with Crippen LogP contribution in [0.2, 0.25) is 5.02 Å². The number of rotatable bonds is 2. The van der Waals surface area contributed by atoms with Crippen molar-refractivity contribution in [3.63, 3.8) is 0 Å². The molecule has 1 unspecified atom stereocenters. The van der Waals surface area contributed by atoms with Crippen LogP contribution in [-0.4, -0.2) is 6.36 Å². The third kappa shape index (κ3) is 3.60. The maximum atomic E-state index is 11.9. The Bertz CT molecular complexity index is 352. The Morgan fingerprint density at radius 1 is 1.40 bits per heavy atom. The van der Waals surface area contributed by atoms with E-state index in [1.165, 1.54) is 12.1 Å². The maximum Gasteiger partial charge on any atom is 0.573 e. The molecule has 1 aromatic rings. The summed E-state index contributed by atoms with van der Waals surface area (Å²) in [7, 11) is 0. The van der Waals surface area contributed by atoms with Crippen molar-refractivity contribution >= 4 is 11.6 Å². The van der Waals surface area contributed by atoms with Gasteiger partial charge in [0.1, 0.15) is 5.75 Å². The van der Waals surface area contributed by atoms with Gasteiger partial charge in [-0.05, 0) is 24.6 Å². The van der Waals surface area contributed by atoms with E-state index in [1.54, 1.807) is 6.92 Å². The Kier molecular flexibility index (Phi) is 3.46. The van der Waals surface area contributed by atoms with E-state index in [4.69, 9.17) is 17.3 Å². The highest BCUT2D eigenvalue weighted by Crippen LogP contribution is 2.31. The minimum Gasteiger partial charge on any atom is -0.404 e. The Labute approximate surface area is 89.8 Å². The first-order valence-corrected chi connectivity index (χ1v) is 4.48. The number of alkyl halides is 3. The lowest BCUT2D eigenvalue weighted by atomic mass is 10.1. The summed E-state index contributed by atoms with van der Waals surface area (Å²) in [4.78, 5) is 0. The van der Waals surface area contributed by atoms with Crippen molar-refractivity contribution < 1.29 is 17.9 Å². The van der Waals surface area contributed by atoms with E-state index in [0.29, 0.717) is 5.56 Å². The monoisotopic (exact) mass is 239 g/mol. The van der Waals surface area contributed by atoms with Gasteiger partial charge in [0.25, 0.3) is 0 Å². The zero-order chi connectivity index (χ0) is 11.6. The summed E-state index contributed by atoms with van der Waals surface area (Å²) in [5.74, 6) is -0.423. The molecule has 0 fully saturated rings. The van der Waals surface area contributed by atoms with E-state index < -0.39 is 12.1 Å². The van der Waals surface area contributed by atoms with Crippen molar-refractivity contribution in [3.05, 3.63) is 28.8 Å². The molecule has 2 nitrogen and oxygen atoms in total. The van der Waals surface area contributed by atoms with E-state index in [2.05, 4.69) is 4.74 Å². The fraction of sp³-hybridized carbons (Fsp3) is 0.333. The van der Waals surface area contributed by atoms with Crippen LogP contribution in [0.4, 0.5) is 13.2 Å². The Morgan fingerprint density at radius 3 is 2.40 bits per heavy atom. The first kappa shape index (κ1) is 12.1. The van der Waals surface area contributed by atoms with Crippen LogP contribution in [-0.2, 0) is 0 Å². The summed E-state index contributed by atoms with van der Waals surface area (Å²) in [6, 6.07) is 3.65. The smallest absolute Gasteiger partial charge is 0.404 e. The van der Waals surface area contributed by atoms with Gasteiger partial charge in [-0.15, -0.1) is 13.2 Å². The van der Waals surface area contributed by atoms with Gasteiger partial charge >= 0.3 is 6.36 Å². The number of nitrogens with two attached hydrogens (primary N) is 1. The molecule has 84 valence electrons. The molecule has 6 heteroatoms. The summed E-state index contributed by atoms with van der Waals surface area (Å²) in [5.41, 5.74) is 6.19. The van der Waals surface area contributed by atoms with E-state index >= 15 is 0 Å². The summed E-state index contributed by atoms with van der Waals surface area (Å²) >= 11 is 5.60. The van der Waals surface area contributed by atoms with Gasteiger partial charge < -0.3 is 10.5 Å². The fourth-order valence-corrected chi connectivity index (χ4v) is 1.24. The largest absolute Gasteiger partial charge is 0.573 e. The van der Waals surface area contributed by atoms with Gasteiger partial charge in [-0.1, -0.05) is 17.7 Å². The quantitative estimate of drug-likeness (QED) is 0.860. The minimum atomic E-state index is -4.74. The molecule has 2 N–H and O–H groups in total. The van der Waals surface area contributed by atoms with Gasteiger partial charge in [-0.25, -0.2) is 0 Å². The Balaban J connectivity index is 2.94. The highest BCUT2D eigenvalue weighted by molar-refractivity contribution is 6.32. The number of halogens is 4. The number of hydrogen-bond donors (Lipinski definition) is 1. The van der Waals surface area contributed by atoms with Gasteiger partial charge in [-0.3, -0.25) is 0 Å². The predicted octanol–water partition coefficient (Wildman–Crippen LogP) is 3.26. The Hall–Kier alpha value is -0.940. The van der Waals surface area contributed by atoms with Gasteiger partial charge in [0.05, 0.1) is 5.02 Å². The standard InChI is InChI=1S/C9H9ClF3NO/c1-5(14)6-2-3-8(7(10)4-6)15-9(11,12)13/h2-5H,14H2,1H3. The normalized spacial score (nSPS) is 13.7. The predicted molar refractivity (Wildman–Crippen MR) is 50.7 cm³/mol. The molecule has 1 aromatic carbocycles. The molecule has 0 bridgehead atoms. The van der Waals surface area contributed by atoms with Crippen molar-refractivity contribution in [1.82, 2.24) is 0 Å². The van der Waals surface area contributed by atoms with Gasteiger partial charge in [0, 0.05) is 6.04 Å². The first-order valence-electron chi connectivity index (χ1n) is 4.10. The molecule has 0 radical (unpaired) electrons. The summed E-state index contributed by atoms with van der Waals surface area (Å²) < 4.78 is 39.3. The van der Waals surface area contributed by atoms with Crippen molar-refractivity contribution in [1.29, 1.82) is 0 Å². The van der Waals surface area contributed by atoms with Gasteiger partial charge in [0.2, 0.25) is 0 Å². The zero-order valence-corrected chi connectivity index (χ0v) is 8.56. The van der Waals surface area contributed by atoms with Crippen molar-refractivity contribution in [2.75, 3.05) is 0 Å². The second-order valence-electron chi connectivity index (χ2n) is 3.03. The molecule has 0 saturated carbocycles. The molecule has 0 amide bonds. The fourth-order valence-electron chi connectivity index (χ4n) is 1.01. The zero-order valence-electron chi connectivity index (χ0n) is 7.81. The summed E-state index contributed by atoms with van der Waals surface area (Å²) in [6.45, 7) is 1.70. The second kappa shape index (κ2) is 4.28. The van der Waals surface area contributed by atoms with E-state index in [9.17, 15) is 13.2 Å². The molecule has 1 rings (SSSR count). The van der Waals surface area contributed by atoms with Crippen LogP contribution in [0.25, 0.3) is 0 Å². The second-order valence-corrected chi connectivity index (χ2v) is 3.43. The van der Waals surface area contributed by atoms with Crippen LogP contribution in [0.1, 0.15) is 18.5 Å².